The van der Waals surface area contributed by atoms with E-state index < -0.39 is 0 Å². The lowest BCUT2D eigenvalue weighted by Crippen LogP contribution is -2.01. The zero-order valence-corrected chi connectivity index (χ0v) is 8.17. The molecule has 0 aliphatic rings. The van der Waals surface area contributed by atoms with Crippen LogP contribution in [0.15, 0.2) is 12.4 Å². The van der Waals surface area contributed by atoms with Crippen molar-refractivity contribution in [3.63, 3.8) is 0 Å². The minimum absolute atomic E-state index is 0.143. The van der Waals surface area contributed by atoms with Crippen molar-refractivity contribution in [1.29, 1.82) is 0 Å². The summed E-state index contributed by atoms with van der Waals surface area (Å²) in [5.74, 6) is 0. The summed E-state index contributed by atoms with van der Waals surface area (Å²) < 4.78 is 0. The fraction of sp³-hybridized carbons (Fsp3) is 0.556. The van der Waals surface area contributed by atoms with Gasteiger partial charge < -0.3 is 0 Å². The zero-order valence-electron chi connectivity index (χ0n) is 7.42. The first-order chi connectivity index (χ1) is 5.72. The molecule has 0 radical (unpaired) electrons. The predicted molar refractivity (Wildman–Crippen MR) is 50.4 cm³/mol. The minimum atomic E-state index is 0.143. The summed E-state index contributed by atoms with van der Waals surface area (Å²) >= 11 is 5.85. The summed E-state index contributed by atoms with van der Waals surface area (Å²) in [7, 11) is 0. The van der Waals surface area contributed by atoms with E-state index in [1.165, 1.54) is 0 Å². The molecule has 0 aliphatic heterocycles. The van der Waals surface area contributed by atoms with E-state index in [-0.39, 0.29) is 5.38 Å². The van der Waals surface area contributed by atoms with Gasteiger partial charge in [-0.05, 0) is 19.4 Å². The summed E-state index contributed by atoms with van der Waals surface area (Å²) in [4.78, 5) is 8.24. The second kappa shape index (κ2) is 4.41. The van der Waals surface area contributed by atoms with Crippen LogP contribution in [0.4, 0.5) is 0 Å². The van der Waals surface area contributed by atoms with Crippen LogP contribution >= 0.6 is 11.6 Å². The van der Waals surface area contributed by atoms with Crippen LogP contribution in [-0.4, -0.2) is 15.3 Å². The third kappa shape index (κ3) is 2.78. The van der Waals surface area contributed by atoms with Crippen molar-refractivity contribution in [1.82, 2.24) is 9.97 Å². The van der Waals surface area contributed by atoms with Gasteiger partial charge in [0.05, 0.1) is 0 Å². The third-order valence-corrected chi connectivity index (χ3v) is 1.79. The van der Waals surface area contributed by atoms with Gasteiger partial charge in [0.1, 0.15) is 6.33 Å². The summed E-state index contributed by atoms with van der Waals surface area (Å²) in [6, 6.07) is 2.01. The Hall–Kier alpha value is -0.630. The summed E-state index contributed by atoms with van der Waals surface area (Å²) in [5, 5.41) is 0.143. The van der Waals surface area contributed by atoms with Gasteiger partial charge >= 0.3 is 0 Å². The maximum Gasteiger partial charge on any atom is 0.115 e. The summed E-state index contributed by atoms with van der Waals surface area (Å²) in [6.45, 7) is 4.05. The highest BCUT2D eigenvalue weighted by molar-refractivity contribution is 6.20. The monoisotopic (exact) mass is 184 g/mol. The lowest BCUT2D eigenvalue weighted by molar-refractivity contribution is 0.862. The lowest BCUT2D eigenvalue weighted by atomic mass is 10.2. The molecule has 0 bridgehead atoms. The number of halogens is 1. The van der Waals surface area contributed by atoms with Gasteiger partial charge in [-0.25, -0.2) is 9.97 Å². The van der Waals surface area contributed by atoms with Gasteiger partial charge in [-0.15, -0.1) is 11.6 Å². The van der Waals surface area contributed by atoms with Crippen molar-refractivity contribution in [2.45, 2.75) is 32.1 Å². The molecule has 0 amide bonds. The summed E-state index contributed by atoms with van der Waals surface area (Å²) in [6.07, 6.45) is 3.37. The Balaban J connectivity index is 2.72. The van der Waals surface area contributed by atoms with Crippen molar-refractivity contribution in [3.8, 4) is 0 Å². The summed E-state index contributed by atoms with van der Waals surface area (Å²) in [5.41, 5.74) is 2.11. The Bertz CT molecular complexity index is 248. The molecule has 1 rings (SSSR count). The van der Waals surface area contributed by atoms with Crippen LogP contribution in [0.5, 0.6) is 0 Å². The van der Waals surface area contributed by atoms with Gasteiger partial charge in [0.25, 0.3) is 0 Å². The van der Waals surface area contributed by atoms with Crippen molar-refractivity contribution >= 4 is 11.6 Å². The molecule has 0 aliphatic carbocycles. The van der Waals surface area contributed by atoms with Gasteiger partial charge in [0, 0.05) is 23.2 Å². The Kier molecular flexibility index (Phi) is 3.48. The second-order valence-corrected chi connectivity index (χ2v) is 3.58. The molecule has 0 N–H and O–H groups in total. The van der Waals surface area contributed by atoms with E-state index in [1.807, 2.05) is 13.0 Å². The van der Waals surface area contributed by atoms with E-state index in [0.717, 1.165) is 24.2 Å². The van der Waals surface area contributed by atoms with Gasteiger partial charge in [0.15, 0.2) is 0 Å². The second-order valence-electron chi connectivity index (χ2n) is 2.84. The van der Waals surface area contributed by atoms with Crippen LogP contribution in [0.2, 0.25) is 0 Å². The van der Waals surface area contributed by atoms with Crippen LogP contribution < -0.4 is 0 Å². The number of aromatic nitrogens is 2. The molecule has 0 spiro atoms. The van der Waals surface area contributed by atoms with E-state index >= 15 is 0 Å². The fourth-order valence-corrected chi connectivity index (χ4v) is 1.20. The Morgan fingerprint density at radius 1 is 1.42 bits per heavy atom. The predicted octanol–water partition coefficient (Wildman–Crippen LogP) is 2.21. The number of alkyl halides is 1. The Morgan fingerprint density at radius 3 is 2.67 bits per heavy atom. The maximum absolute atomic E-state index is 5.85. The molecule has 1 heterocycles. The molecule has 0 saturated heterocycles. The lowest BCUT2D eigenvalue weighted by Gasteiger charge is -2.02. The molecule has 3 heteroatoms. The molecule has 66 valence electrons. The number of hydrogen-bond acceptors (Lipinski definition) is 2. The molecule has 1 atom stereocenters. The Labute approximate surface area is 78.0 Å². The fourth-order valence-electron chi connectivity index (χ4n) is 1.04. The van der Waals surface area contributed by atoms with Crippen molar-refractivity contribution in [3.05, 3.63) is 23.8 Å². The number of nitrogens with zero attached hydrogens (tertiary/aromatic N) is 2. The number of aryl methyl sites for hydroxylation is 1. The number of rotatable bonds is 3. The van der Waals surface area contributed by atoms with Gasteiger partial charge in [0.2, 0.25) is 0 Å². The molecule has 1 aromatic rings. The van der Waals surface area contributed by atoms with E-state index in [9.17, 15) is 0 Å². The van der Waals surface area contributed by atoms with Crippen LogP contribution in [0.3, 0.4) is 0 Å². The quantitative estimate of drug-likeness (QED) is 0.674. The minimum Gasteiger partial charge on any atom is -0.241 e. The zero-order chi connectivity index (χ0) is 8.97. The molecule has 12 heavy (non-hydrogen) atoms. The Morgan fingerprint density at radius 2 is 2.08 bits per heavy atom. The van der Waals surface area contributed by atoms with Gasteiger partial charge in [-0.3, -0.25) is 0 Å². The normalized spacial score (nSPS) is 12.9. The highest BCUT2D eigenvalue weighted by Crippen LogP contribution is 2.05. The molecule has 0 aromatic carbocycles. The van der Waals surface area contributed by atoms with Crippen molar-refractivity contribution < 1.29 is 0 Å². The first-order valence-corrected chi connectivity index (χ1v) is 4.60. The topological polar surface area (TPSA) is 25.8 Å². The highest BCUT2D eigenvalue weighted by atomic mass is 35.5. The van der Waals surface area contributed by atoms with E-state index in [2.05, 4.69) is 16.9 Å². The molecule has 0 fully saturated rings. The first-order valence-electron chi connectivity index (χ1n) is 4.16. The van der Waals surface area contributed by atoms with E-state index in [0.29, 0.717) is 0 Å². The largest absolute Gasteiger partial charge is 0.241 e. The third-order valence-electron chi connectivity index (χ3n) is 1.63. The van der Waals surface area contributed by atoms with Crippen LogP contribution in [0, 0.1) is 0 Å². The standard InChI is InChI=1S/C9H13ClN2/c1-3-8-5-9(4-7(2)10)12-6-11-8/h5-7H,3-4H2,1-2H3. The molecule has 2 nitrogen and oxygen atoms in total. The van der Waals surface area contributed by atoms with Gasteiger partial charge in [-0.1, -0.05) is 6.92 Å². The average Bonchev–Trinajstić information content (AvgIpc) is 2.03. The van der Waals surface area contributed by atoms with E-state index in [1.54, 1.807) is 6.33 Å². The van der Waals surface area contributed by atoms with Crippen LogP contribution in [0.25, 0.3) is 0 Å². The van der Waals surface area contributed by atoms with Crippen LogP contribution in [0.1, 0.15) is 25.2 Å². The SMILES string of the molecule is CCc1cc(CC(C)Cl)ncn1. The molecular weight excluding hydrogens is 172 g/mol. The number of hydrogen-bond donors (Lipinski definition) is 0. The average molecular weight is 185 g/mol. The van der Waals surface area contributed by atoms with Crippen LogP contribution in [-0.2, 0) is 12.8 Å². The van der Waals surface area contributed by atoms with E-state index in [4.69, 9.17) is 11.6 Å². The van der Waals surface area contributed by atoms with Crippen molar-refractivity contribution in [2.75, 3.05) is 0 Å². The van der Waals surface area contributed by atoms with Crippen molar-refractivity contribution in [2.24, 2.45) is 0 Å². The highest BCUT2D eigenvalue weighted by Gasteiger charge is 2.01. The smallest absolute Gasteiger partial charge is 0.115 e. The first kappa shape index (κ1) is 9.46. The van der Waals surface area contributed by atoms with Gasteiger partial charge in [-0.2, -0.15) is 0 Å². The molecule has 1 aromatic heterocycles. The molecule has 1 unspecified atom stereocenters. The molecule has 0 saturated carbocycles. The molecular formula is C9H13ClN2. The maximum atomic E-state index is 5.85.